The van der Waals surface area contributed by atoms with E-state index in [1.54, 1.807) is 0 Å². The summed E-state index contributed by atoms with van der Waals surface area (Å²) in [5, 5.41) is 7.09. The van der Waals surface area contributed by atoms with Gasteiger partial charge in [0.05, 0.1) is 0 Å². The number of aromatic nitrogens is 1. The lowest BCUT2D eigenvalue weighted by atomic mass is 10.0. The lowest BCUT2D eigenvalue weighted by Crippen LogP contribution is -2.36. The molecule has 3 nitrogen and oxygen atoms in total. The van der Waals surface area contributed by atoms with E-state index in [1.807, 2.05) is 6.20 Å². The van der Waals surface area contributed by atoms with E-state index in [0.29, 0.717) is 0 Å². The van der Waals surface area contributed by atoms with Gasteiger partial charge in [0, 0.05) is 24.5 Å². The highest BCUT2D eigenvalue weighted by molar-refractivity contribution is 5.03. The first-order valence-electron chi connectivity index (χ1n) is 6.51. The lowest BCUT2D eigenvalue weighted by molar-refractivity contribution is 0.377. The van der Waals surface area contributed by atoms with Gasteiger partial charge < -0.3 is 15.6 Å². The van der Waals surface area contributed by atoms with E-state index in [-0.39, 0.29) is 0 Å². The molecule has 0 bridgehead atoms. The van der Waals surface area contributed by atoms with Crippen LogP contribution < -0.4 is 10.6 Å². The highest BCUT2D eigenvalue weighted by Crippen LogP contribution is 2.09. The van der Waals surface area contributed by atoms with Gasteiger partial charge in [-0.25, -0.2) is 0 Å². The van der Waals surface area contributed by atoms with Crippen molar-refractivity contribution in [2.75, 3.05) is 19.6 Å². The Morgan fingerprint density at radius 1 is 1.31 bits per heavy atom. The van der Waals surface area contributed by atoms with Gasteiger partial charge in [-0.3, -0.25) is 0 Å². The van der Waals surface area contributed by atoms with Gasteiger partial charge in [-0.1, -0.05) is 6.42 Å². The molecular weight excluding hydrogens is 198 g/mol. The van der Waals surface area contributed by atoms with Crippen LogP contribution in [-0.2, 0) is 6.42 Å². The van der Waals surface area contributed by atoms with E-state index in [1.165, 1.54) is 37.9 Å². The third-order valence-electron chi connectivity index (χ3n) is 3.32. The fraction of sp³-hybridized carbons (Fsp3) is 0.692. The molecule has 1 aromatic rings. The largest absolute Gasteiger partial charge is 0.365 e. The third kappa shape index (κ3) is 3.99. The number of H-pyrrole nitrogens is 1. The monoisotopic (exact) mass is 221 g/mol. The molecule has 0 radical (unpaired) electrons. The average molecular weight is 221 g/mol. The minimum Gasteiger partial charge on any atom is -0.365 e. The molecule has 0 spiro atoms. The molecule has 1 aromatic heterocycles. The van der Waals surface area contributed by atoms with E-state index in [9.17, 15) is 0 Å². The Bertz CT molecular complexity index is 263. The van der Waals surface area contributed by atoms with Crippen molar-refractivity contribution in [2.45, 2.75) is 38.1 Å². The normalized spacial score (nSPS) is 21.1. The molecule has 1 aliphatic rings. The van der Waals surface area contributed by atoms with Crippen LogP contribution >= 0.6 is 0 Å². The van der Waals surface area contributed by atoms with Gasteiger partial charge in [-0.2, -0.15) is 0 Å². The summed E-state index contributed by atoms with van der Waals surface area (Å²) in [6.07, 6.45) is 8.48. The summed E-state index contributed by atoms with van der Waals surface area (Å²) in [4.78, 5) is 3.23. The number of rotatable bonds is 6. The summed E-state index contributed by atoms with van der Waals surface area (Å²) in [6, 6.07) is 4.96. The van der Waals surface area contributed by atoms with E-state index < -0.39 is 0 Å². The molecule has 2 heterocycles. The molecule has 0 aliphatic carbocycles. The maximum Gasteiger partial charge on any atom is 0.0159 e. The van der Waals surface area contributed by atoms with Gasteiger partial charge in [-0.05, 0) is 50.9 Å². The SMILES string of the molecule is c1c[nH]c(CCNCCC2CCCCN2)c1. The summed E-state index contributed by atoms with van der Waals surface area (Å²) in [6.45, 7) is 3.43. The van der Waals surface area contributed by atoms with Crippen LogP contribution in [0.1, 0.15) is 31.4 Å². The topological polar surface area (TPSA) is 39.9 Å². The summed E-state index contributed by atoms with van der Waals surface area (Å²) < 4.78 is 0. The molecule has 0 aromatic carbocycles. The Kier molecular flexibility index (Phi) is 4.90. The zero-order valence-corrected chi connectivity index (χ0v) is 9.97. The number of hydrogen-bond acceptors (Lipinski definition) is 2. The van der Waals surface area contributed by atoms with E-state index in [4.69, 9.17) is 0 Å². The van der Waals surface area contributed by atoms with Crippen LogP contribution in [0.4, 0.5) is 0 Å². The minimum atomic E-state index is 0.756. The Labute approximate surface area is 98.0 Å². The Morgan fingerprint density at radius 3 is 3.06 bits per heavy atom. The van der Waals surface area contributed by atoms with Crippen molar-refractivity contribution in [3.8, 4) is 0 Å². The molecule has 0 saturated carbocycles. The second-order valence-electron chi connectivity index (χ2n) is 4.63. The van der Waals surface area contributed by atoms with Crippen LogP contribution in [0.25, 0.3) is 0 Å². The number of hydrogen-bond donors (Lipinski definition) is 3. The fourth-order valence-electron chi connectivity index (χ4n) is 2.32. The van der Waals surface area contributed by atoms with Crippen LogP contribution in [0, 0.1) is 0 Å². The van der Waals surface area contributed by atoms with Crippen molar-refractivity contribution in [3.05, 3.63) is 24.0 Å². The van der Waals surface area contributed by atoms with Gasteiger partial charge in [0.2, 0.25) is 0 Å². The standard InChI is InChI=1S/C13H23N3/c1-2-8-15-12(4-1)6-10-14-11-7-13-5-3-9-16-13/h3,5,9,12,14-16H,1-2,4,6-8,10-11H2. The molecule has 1 fully saturated rings. The van der Waals surface area contributed by atoms with E-state index in [0.717, 1.165) is 25.6 Å². The van der Waals surface area contributed by atoms with Crippen molar-refractivity contribution < 1.29 is 0 Å². The molecular formula is C13H23N3. The van der Waals surface area contributed by atoms with Crippen molar-refractivity contribution >= 4 is 0 Å². The number of piperidine rings is 1. The van der Waals surface area contributed by atoms with Crippen molar-refractivity contribution in [3.63, 3.8) is 0 Å². The van der Waals surface area contributed by atoms with Crippen LogP contribution in [0.5, 0.6) is 0 Å². The molecule has 0 amide bonds. The van der Waals surface area contributed by atoms with Crippen molar-refractivity contribution in [1.82, 2.24) is 15.6 Å². The van der Waals surface area contributed by atoms with E-state index >= 15 is 0 Å². The second kappa shape index (κ2) is 6.71. The quantitative estimate of drug-likeness (QED) is 0.640. The van der Waals surface area contributed by atoms with Gasteiger partial charge in [-0.15, -0.1) is 0 Å². The van der Waals surface area contributed by atoms with Gasteiger partial charge in [0.1, 0.15) is 0 Å². The molecule has 1 unspecified atom stereocenters. The van der Waals surface area contributed by atoms with Crippen molar-refractivity contribution in [1.29, 1.82) is 0 Å². The first-order chi connectivity index (χ1) is 7.95. The Balaban J connectivity index is 1.48. The molecule has 1 saturated heterocycles. The lowest BCUT2D eigenvalue weighted by Gasteiger charge is -2.23. The molecule has 1 atom stereocenters. The highest BCUT2D eigenvalue weighted by Gasteiger charge is 2.10. The Morgan fingerprint density at radius 2 is 2.31 bits per heavy atom. The minimum absolute atomic E-state index is 0.756. The predicted molar refractivity (Wildman–Crippen MR) is 67.6 cm³/mol. The van der Waals surface area contributed by atoms with Crippen LogP contribution in [-0.4, -0.2) is 30.7 Å². The molecule has 90 valence electrons. The summed E-state index contributed by atoms with van der Waals surface area (Å²) >= 11 is 0. The summed E-state index contributed by atoms with van der Waals surface area (Å²) in [7, 11) is 0. The number of nitrogens with one attached hydrogen (secondary N) is 3. The predicted octanol–water partition coefficient (Wildman–Crippen LogP) is 1.68. The molecule has 3 N–H and O–H groups in total. The summed E-state index contributed by atoms with van der Waals surface area (Å²) in [5.41, 5.74) is 1.32. The highest BCUT2D eigenvalue weighted by atomic mass is 14.9. The van der Waals surface area contributed by atoms with Gasteiger partial charge >= 0.3 is 0 Å². The van der Waals surface area contributed by atoms with Crippen LogP contribution in [0.15, 0.2) is 18.3 Å². The van der Waals surface area contributed by atoms with E-state index in [2.05, 4.69) is 27.8 Å². The summed E-state index contributed by atoms with van der Waals surface area (Å²) in [5.74, 6) is 0. The zero-order valence-electron chi connectivity index (χ0n) is 9.97. The molecule has 2 rings (SSSR count). The number of aromatic amines is 1. The first-order valence-corrected chi connectivity index (χ1v) is 6.51. The maximum absolute atomic E-state index is 3.58. The Hall–Kier alpha value is -0.800. The van der Waals surface area contributed by atoms with Crippen molar-refractivity contribution in [2.24, 2.45) is 0 Å². The molecule has 16 heavy (non-hydrogen) atoms. The maximum atomic E-state index is 3.58. The zero-order chi connectivity index (χ0) is 11.1. The van der Waals surface area contributed by atoms with Crippen LogP contribution in [0.3, 0.4) is 0 Å². The molecule has 1 aliphatic heterocycles. The van der Waals surface area contributed by atoms with Gasteiger partial charge in [0.15, 0.2) is 0 Å². The average Bonchev–Trinajstić information content (AvgIpc) is 2.83. The first kappa shape index (κ1) is 11.7. The van der Waals surface area contributed by atoms with Gasteiger partial charge in [0.25, 0.3) is 0 Å². The van der Waals surface area contributed by atoms with Crippen LogP contribution in [0.2, 0.25) is 0 Å². The third-order valence-corrected chi connectivity index (χ3v) is 3.32. The second-order valence-corrected chi connectivity index (χ2v) is 4.63. The smallest absolute Gasteiger partial charge is 0.0159 e. The molecule has 3 heteroatoms. The fourth-order valence-corrected chi connectivity index (χ4v) is 2.32.